The number of aryl methyl sites for hydroxylation is 6. The normalized spacial score (nSPS) is 11.7. The van der Waals surface area contributed by atoms with E-state index in [0.29, 0.717) is 16.7 Å². The molecule has 11 rings (SSSR count). The van der Waals surface area contributed by atoms with Gasteiger partial charge < -0.3 is 18.6 Å². The fourth-order valence-corrected chi connectivity index (χ4v) is 9.56. The van der Waals surface area contributed by atoms with Crippen molar-refractivity contribution in [1.82, 2.24) is 0 Å². The molecule has 0 fully saturated rings. The highest BCUT2D eigenvalue weighted by molar-refractivity contribution is 6.22. The van der Waals surface area contributed by atoms with Gasteiger partial charge in [0.25, 0.3) is 0 Å². The van der Waals surface area contributed by atoms with Gasteiger partial charge in [0.15, 0.2) is 0 Å². The van der Waals surface area contributed by atoms with Gasteiger partial charge in [0.1, 0.15) is 28.4 Å². The average molecular weight is 802 g/mol. The summed E-state index contributed by atoms with van der Waals surface area (Å²) >= 11 is 0. The molecule has 0 N–H and O–H groups in total. The molecule has 0 amide bonds. The number of para-hydroxylation sites is 2. The predicted octanol–water partition coefficient (Wildman–Crippen LogP) is 16.5. The molecule has 2 aromatic heterocycles. The Hall–Kier alpha value is -7.81. The third-order valence-electron chi connectivity index (χ3n) is 12.6. The first kappa shape index (κ1) is 37.2. The zero-order valence-corrected chi connectivity index (χ0v) is 35.6. The second-order valence-electron chi connectivity index (χ2n) is 16.9. The van der Waals surface area contributed by atoms with E-state index >= 15 is 0 Å². The number of benzene rings is 9. The van der Waals surface area contributed by atoms with E-state index in [1.54, 1.807) is 0 Å². The van der Waals surface area contributed by atoms with Gasteiger partial charge in [0.05, 0.1) is 16.9 Å². The zero-order valence-electron chi connectivity index (χ0n) is 35.6. The minimum Gasteiger partial charge on any atom is -0.456 e. The molecule has 0 unspecified atom stereocenters. The van der Waals surface area contributed by atoms with Gasteiger partial charge in [0, 0.05) is 50.4 Å². The summed E-state index contributed by atoms with van der Waals surface area (Å²) in [5.41, 5.74) is 17.2. The van der Waals surface area contributed by atoms with Gasteiger partial charge in [0.2, 0.25) is 0 Å². The van der Waals surface area contributed by atoms with Crippen molar-refractivity contribution in [2.24, 2.45) is 0 Å². The van der Waals surface area contributed by atoms with Gasteiger partial charge in [-0.3, -0.25) is 0 Å². The summed E-state index contributed by atoms with van der Waals surface area (Å²) in [5.74, 6) is 0. The van der Waals surface area contributed by atoms with Gasteiger partial charge in [-0.05, 0) is 158 Å². The molecule has 0 aliphatic heterocycles. The topological polar surface area (TPSA) is 56.6 Å². The van der Waals surface area contributed by atoms with E-state index in [2.05, 4.69) is 203 Å². The third kappa shape index (κ3) is 5.90. The molecule has 0 spiro atoms. The number of nitriles is 1. The molecule has 62 heavy (non-hydrogen) atoms. The van der Waals surface area contributed by atoms with Gasteiger partial charge in [-0.15, -0.1) is 0 Å². The molecule has 0 saturated carbocycles. The highest BCUT2D eigenvalue weighted by Crippen LogP contribution is 2.45. The maximum absolute atomic E-state index is 10.9. The Kier molecular flexibility index (Phi) is 8.49. The molecule has 11 aromatic rings. The maximum atomic E-state index is 10.9. The third-order valence-corrected chi connectivity index (χ3v) is 12.6. The quantitative estimate of drug-likeness (QED) is 0.168. The Bertz CT molecular complexity index is 3390. The lowest BCUT2D eigenvalue weighted by molar-refractivity contribution is 0.656. The van der Waals surface area contributed by atoms with Crippen LogP contribution >= 0.6 is 0 Å². The lowest BCUT2D eigenvalue weighted by Gasteiger charge is -2.29. The second kappa shape index (κ2) is 14.1. The van der Waals surface area contributed by atoms with Crippen molar-refractivity contribution in [3.05, 3.63) is 191 Å². The molecule has 0 radical (unpaired) electrons. The Morgan fingerprint density at radius 3 is 1.16 bits per heavy atom. The zero-order chi connectivity index (χ0) is 42.4. The molecular weight excluding hydrogens is 759 g/mol. The lowest BCUT2D eigenvalue weighted by atomic mass is 9.98. The smallest absolute Gasteiger partial charge is 0.140 e. The van der Waals surface area contributed by atoms with Crippen LogP contribution in [0.2, 0.25) is 0 Å². The second-order valence-corrected chi connectivity index (χ2v) is 16.9. The summed E-state index contributed by atoms with van der Waals surface area (Å²) < 4.78 is 13.3. The SMILES string of the molecule is Cc1ccc(N(c2ccc3cc4c(cc3c2)oc2cc3oc5cc6cc(N(c7ccc(C)cc7)c7c(C)cccc7C)ccc6cc5c3c(C#N)c24)c2c(C)cccc2C)cc1. The van der Waals surface area contributed by atoms with Crippen LogP contribution in [0.1, 0.15) is 38.9 Å². The van der Waals surface area contributed by atoms with Gasteiger partial charge >= 0.3 is 0 Å². The van der Waals surface area contributed by atoms with E-state index in [0.717, 1.165) is 77.0 Å². The van der Waals surface area contributed by atoms with Gasteiger partial charge in [-0.2, -0.15) is 5.26 Å². The van der Waals surface area contributed by atoms with Crippen molar-refractivity contribution in [3.63, 3.8) is 0 Å². The maximum Gasteiger partial charge on any atom is 0.140 e. The van der Waals surface area contributed by atoms with Crippen molar-refractivity contribution in [2.45, 2.75) is 41.5 Å². The van der Waals surface area contributed by atoms with Crippen molar-refractivity contribution in [1.29, 1.82) is 5.26 Å². The van der Waals surface area contributed by atoms with E-state index in [-0.39, 0.29) is 0 Å². The monoisotopic (exact) mass is 801 g/mol. The summed E-state index contributed by atoms with van der Waals surface area (Å²) in [6, 6.07) is 56.6. The molecule has 5 heteroatoms. The lowest BCUT2D eigenvalue weighted by Crippen LogP contribution is -2.12. The molecule has 298 valence electrons. The Balaban J connectivity index is 1.05. The summed E-state index contributed by atoms with van der Waals surface area (Å²) in [6.45, 7) is 12.9. The molecule has 0 atom stereocenters. The summed E-state index contributed by atoms with van der Waals surface area (Å²) in [6.07, 6.45) is 0. The Morgan fingerprint density at radius 2 is 0.774 bits per heavy atom. The van der Waals surface area contributed by atoms with E-state index in [1.807, 2.05) is 6.07 Å². The van der Waals surface area contributed by atoms with Crippen LogP contribution in [0.25, 0.3) is 65.4 Å². The Labute approximate surface area is 360 Å². The largest absolute Gasteiger partial charge is 0.456 e. The number of fused-ring (bicyclic) bond motifs is 8. The highest BCUT2D eigenvalue weighted by atomic mass is 16.3. The van der Waals surface area contributed by atoms with Crippen LogP contribution < -0.4 is 9.80 Å². The summed E-state index contributed by atoms with van der Waals surface area (Å²) in [5, 5.41) is 18.6. The average Bonchev–Trinajstić information content (AvgIpc) is 3.80. The number of furan rings is 2. The molecule has 2 heterocycles. The number of hydrogen-bond donors (Lipinski definition) is 0. The van der Waals surface area contributed by atoms with Crippen LogP contribution in [0.15, 0.2) is 160 Å². The van der Waals surface area contributed by atoms with Crippen LogP contribution in [0.3, 0.4) is 0 Å². The van der Waals surface area contributed by atoms with Crippen LogP contribution in [0.5, 0.6) is 0 Å². The van der Waals surface area contributed by atoms with Gasteiger partial charge in [-0.25, -0.2) is 0 Å². The van der Waals surface area contributed by atoms with Gasteiger partial charge in [-0.1, -0.05) is 83.9 Å². The first-order chi connectivity index (χ1) is 30.1. The minimum atomic E-state index is 0.558. The van der Waals surface area contributed by atoms with Crippen LogP contribution in [-0.4, -0.2) is 0 Å². The molecule has 0 saturated heterocycles. The molecule has 5 nitrogen and oxygen atoms in total. The predicted molar refractivity (Wildman–Crippen MR) is 259 cm³/mol. The van der Waals surface area contributed by atoms with E-state index in [9.17, 15) is 5.26 Å². The molecule has 0 aliphatic carbocycles. The summed E-state index contributed by atoms with van der Waals surface area (Å²) in [7, 11) is 0. The minimum absolute atomic E-state index is 0.558. The van der Waals surface area contributed by atoms with Crippen LogP contribution in [0, 0.1) is 52.9 Å². The van der Waals surface area contributed by atoms with Crippen molar-refractivity contribution >= 4 is 99.5 Å². The van der Waals surface area contributed by atoms with E-state index < -0.39 is 0 Å². The first-order valence-electron chi connectivity index (χ1n) is 21.1. The van der Waals surface area contributed by atoms with Crippen LogP contribution in [-0.2, 0) is 0 Å². The fourth-order valence-electron chi connectivity index (χ4n) is 9.56. The standard InChI is InChI=1S/C57H43N3O2/c1-33-13-19-43(20-14-33)59(56-35(3)9-7-10-36(56)4)45-23-17-39-27-47-50(29-41(39)25-45)61-52-31-53-55(49(32-58)54(47)52)48-28-40-18-24-46(26-42(40)30-51(48)62-53)60(44-21-15-34(2)16-22-44)57-37(5)11-8-12-38(57)6/h7-31H,1-6H3. The highest BCUT2D eigenvalue weighted by Gasteiger charge is 2.23. The molecule has 0 aliphatic rings. The van der Waals surface area contributed by atoms with Crippen molar-refractivity contribution < 1.29 is 8.83 Å². The molecule has 9 aromatic carbocycles. The molecular formula is C57H43N3O2. The summed E-state index contributed by atoms with van der Waals surface area (Å²) in [4.78, 5) is 4.68. The van der Waals surface area contributed by atoms with Crippen molar-refractivity contribution in [3.8, 4) is 6.07 Å². The van der Waals surface area contributed by atoms with Crippen molar-refractivity contribution in [2.75, 3.05) is 9.80 Å². The molecule has 0 bridgehead atoms. The fraction of sp³-hybridized carbons (Fsp3) is 0.105. The first-order valence-corrected chi connectivity index (χ1v) is 21.1. The number of nitrogens with zero attached hydrogens (tertiary/aromatic N) is 3. The Morgan fingerprint density at radius 1 is 0.387 bits per heavy atom. The van der Waals surface area contributed by atoms with E-state index in [1.165, 1.54) is 44.8 Å². The number of anilines is 6. The number of hydrogen-bond acceptors (Lipinski definition) is 5. The number of rotatable bonds is 6. The van der Waals surface area contributed by atoms with Crippen LogP contribution in [0.4, 0.5) is 34.1 Å². The van der Waals surface area contributed by atoms with E-state index in [4.69, 9.17) is 8.83 Å².